The lowest BCUT2D eigenvalue weighted by molar-refractivity contribution is 0.987. The molecule has 0 aliphatic carbocycles. The number of anilines is 4. The van der Waals surface area contributed by atoms with Gasteiger partial charge in [0.25, 0.3) is 0 Å². The second-order valence-electron chi connectivity index (χ2n) is 6.93. The molecule has 0 radical (unpaired) electrons. The quantitative estimate of drug-likeness (QED) is 0.678. The summed E-state index contributed by atoms with van der Waals surface area (Å²) in [4.78, 5) is 13.4. The number of rotatable bonds is 4. The van der Waals surface area contributed by atoms with Crippen LogP contribution in [-0.4, -0.2) is 15.0 Å². The van der Waals surface area contributed by atoms with Crippen molar-refractivity contribution in [2.45, 2.75) is 41.5 Å². The minimum Gasteiger partial charge on any atom is -0.324 e. The van der Waals surface area contributed by atoms with Crippen molar-refractivity contribution in [1.82, 2.24) is 15.0 Å². The van der Waals surface area contributed by atoms with E-state index in [-0.39, 0.29) is 0 Å². The molecule has 0 aliphatic rings. The van der Waals surface area contributed by atoms with Gasteiger partial charge in [0.1, 0.15) is 5.82 Å². The molecule has 5 nitrogen and oxygen atoms in total. The predicted octanol–water partition coefficient (Wildman–Crippen LogP) is 5.21. The van der Waals surface area contributed by atoms with Crippen LogP contribution in [0, 0.1) is 41.5 Å². The Bertz CT molecular complexity index is 919. The summed E-state index contributed by atoms with van der Waals surface area (Å²) in [5.41, 5.74) is 7.99. The largest absolute Gasteiger partial charge is 0.324 e. The van der Waals surface area contributed by atoms with Crippen molar-refractivity contribution in [3.8, 4) is 0 Å². The molecule has 0 spiro atoms. The average Bonchev–Trinajstić information content (AvgIpc) is 2.49. The Morgan fingerprint density at radius 2 is 1.08 bits per heavy atom. The van der Waals surface area contributed by atoms with Gasteiger partial charge in [-0.25, -0.2) is 0 Å². The van der Waals surface area contributed by atoms with Crippen LogP contribution >= 0.6 is 0 Å². The van der Waals surface area contributed by atoms with E-state index in [9.17, 15) is 0 Å². The maximum absolute atomic E-state index is 4.54. The zero-order chi connectivity index (χ0) is 18.8. The number of hydrogen-bond donors (Lipinski definition) is 2. The van der Waals surface area contributed by atoms with Crippen molar-refractivity contribution in [3.05, 3.63) is 64.0 Å². The fourth-order valence-corrected chi connectivity index (χ4v) is 3.26. The molecule has 0 amide bonds. The molecule has 3 aromatic rings. The molecular formula is C21H25N5. The van der Waals surface area contributed by atoms with Gasteiger partial charge >= 0.3 is 0 Å². The van der Waals surface area contributed by atoms with Crippen molar-refractivity contribution in [3.63, 3.8) is 0 Å². The van der Waals surface area contributed by atoms with E-state index in [2.05, 4.69) is 90.5 Å². The Hall–Kier alpha value is -2.95. The topological polar surface area (TPSA) is 62.7 Å². The molecular weight excluding hydrogens is 322 g/mol. The molecule has 3 rings (SSSR count). The molecule has 2 aromatic carbocycles. The van der Waals surface area contributed by atoms with Crippen LogP contribution in [0.5, 0.6) is 0 Å². The van der Waals surface area contributed by atoms with E-state index >= 15 is 0 Å². The van der Waals surface area contributed by atoms with E-state index in [1.54, 1.807) is 0 Å². The van der Waals surface area contributed by atoms with Gasteiger partial charge in [0, 0.05) is 11.4 Å². The molecule has 1 heterocycles. The first kappa shape index (κ1) is 17.9. The fourth-order valence-electron chi connectivity index (χ4n) is 3.26. The van der Waals surface area contributed by atoms with E-state index < -0.39 is 0 Å². The molecule has 0 saturated heterocycles. The van der Waals surface area contributed by atoms with E-state index in [1.165, 1.54) is 27.8 Å². The van der Waals surface area contributed by atoms with Crippen molar-refractivity contribution < 1.29 is 0 Å². The molecule has 0 bridgehead atoms. The minimum absolute atomic E-state index is 0.535. The minimum atomic E-state index is 0.535. The number of hydrogen-bond acceptors (Lipinski definition) is 5. The second-order valence-corrected chi connectivity index (χ2v) is 6.93. The summed E-state index contributed by atoms with van der Waals surface area (Å²) in [5.74, 6) is 1.74. The monoisotopic (exact) mass is 347 g/mol. The predicted molar refractivity (Wildman–Crippen MR) is 108 cm³/mol. The summed E-state index contributed by atoms with van der Waals surface area (Å²) >= 11 is 0. The van der Waals surface area contributed by atoms with Gasteiger partial charge in [-0.2, -0.15) is 15.0 Å². The number of benzene rings is 2. The van der Waals surface area contributed by atoms with Crippen molar-refractivity contribution in [1.29, 1.82) is 0 Å². The van der Waals surface area contributed by atoms with Gasteiger partial charge in [0.15, 0.2) is 0 Å². The van der Waals surface area contributed by atoms with Crippen LogP contribution in [-0.2, 0) is 0 Å². The summed E-state index contributed by atoms with van der Waals surface area (Å²) < 4.78 is 0. The van der Waals surface area contributed by atoms with Gasteiger partial charge in [-0.3, -0.25) is 0 Å². The highest BCUT2D eigenvalue weighted by atomic mass is 15.2. The third kappa shape index (κ3) is 4.17. The van der Waals surface area contributed by atoms with Crippen LogP contribution < -0.4 is 10.6 Å². The zero-order valence-electron chi connectivity index (χ0n) is 16.2. The van der Waals surface area contributed by atoms with Gasteiger partial charge < -0.3 is 10.6 Å². The number of nitrogens with one attached hydrogen (secondary N) is 2. The molecule has 1 aromatic heterocycles. The average molecular weight is 347 g/mol. The van der Waals surface area contributed by atoms with Gasteiger partial charge in [0.2, 0.25) is 11.9 Å². The highest BCUT2D eigenvalue weighted by Crippen LogP contribution is 2.25. The Balaban J connectivity index is 1.91. The molecule has 5 heteroatoms. The molecule has 26 heavy (non-hydrogen) atoms. The molecule has 0 aliphatic heterocycles. The summed E-state index contributed by atoms with van der Waals surface area (Å²) in [6.45, 7) is 12.3. The van der Waals surface area contributed by atoms with Crippen molar-refractivity contribution >= 4 is 23.3 Å². The van der Waals surface area contributed by atoms with Crippen LogP contribution in [0.25, 0.3) is 0 Å². The lowest BCUT2D eigenvalue weighted by Crippen LogP contribution is -2.07. The van der Waals surface area contributed by atoms with E-state index in [1.807, 2.05) is 6.92 Å². The maximum atomic E-state index is 4.54. The third-order valence-corrected chi connectivity index (χ3v) is 4.14. The summed E-state index contributed by atoms with van der Waals surface area (Å²) in [6, 6.07) is 10.6. The maximum Gasteiger partial charge on any atom is 0.232 e. The highest BCUT2D eigenvalue weighted by molar-refractivity contribution is 5.65. The molecule has 0 atom stereocenters. The van der Waals surface area contributed by atoms with Gasteiger partial charge in [-0.15, -0.1) is 0 Å². The molecule has 134 valence electrons. The summed E-state index contributed by atoms with van der Waals surface area (Å²) in [7, 11) is 0. The standard InChI is InChI=1S/C21H25N5/c1-12-7-13(2)11-18(10-12)24-20-22-17(6)23-21(26-20)25-19-15(4)8-14(3)9-16(19)5/h7-11H,1-6H3,(H2,22,23,24,25,26). The number of aromatic nitrogens is 3. The van der Waals surface area contributed by atoms with Gasteiger partial charge in [-0.1, -0.05) is 23.8 Å². The Morgan fingerprint density at radius 1 is 0.577 bits per heavy atom. The zero-order valence-corrected chi connectivity index (χ0v) is 16.2. The fraction of sp³-hybridized carbons (Fsp3) is 0.286. The first-order valence-electron chi connectivity index (χ1n) is 8.73. The van der Waals surface area contributed by atoms with Gasteiger partial charge in [-0.05, 0) is 75.9 Å². The van der Waals surface area contributed by atoms with Crippen LogP contribution in [0.2, 0.25) is 0 Å². The van der Waals surface area contributed by atoms with E-state index in [4.69, 9.17) is 0 Å². The first-order chi connectivity index (χ1) is 12.3. The van der Waals surface area contributed by atoms with Crippen LogP contribution in [0.4, 0.5) is 23.3 Å². The van der Waals surface area contributed by atoms with Crippen LogP contribution in [0.15, 0.2) is 30.3 Å². The Kier molecular flexibility index (Phi) is 4.89. The highest BCUT2D eigenvalue weighted by Gasteiger charge is 2.09. The van der Waals surface area contributed by atoms with Crippen molar-refractivity contribution in [2.24, 2.45) is 0 Å². The van der Waals surface area contributed by atoms with Crippen LogP contribution in [0.3, 0.4) is 0 Å². The van der Waals surface area contributed by atoms with Gasteiger partial charge in [0.05, 0.1) is 0 Å². The second kappa shape index (κ2) is 7.12. The number of nitrogens with zero attached hydrogens (tertiary/aromatic N) is 3. The lowest BCUT2D eigenvalue weighted by Gasteiger charge is -2.14. The summed E-state index contributed by atoms with van der Waals surface area (Å²) in [6.07, 6.45) is 0. The number of aryl methyl sites for hydroxylation is 6. The lowest BCUT2D eigenvalue weighted by atomic mass is 10.1. The molecule has 0 fully saturated rings. The van der Waals surface area contributed by atoms with Crippen LogP contribution in [0.1, 0.15) is 33.6 Å². The summed E-state index contributed by atoms with van der Waals surface area (Å²) in [5, 5.41) is 6.64. The SMILES string of the molecule is Cc1cc(C)cc(Nc2nc(C)nc(Nc3c(C)cc(C)cc3C)n2)c1. The van der Waals surface area contributed by atoms with E-state index in [0.717, 1.165) is 11.4 Å². The third-order valence-electron chi connectivity index (χ3n) is 4.14. The first-order valence-corrected chi connectivity index (χ1v) is 8.73. The Labute approximate surface area is 154 Å². The normalized spacial score (nSPS) is 10.7. The molecule has 2 N–H and O–H groups in total. The molecule has 0 saturated carbocycles. The Morgan fingerprint density at radius 3 is 1.65 bits per heavy atom. The van der Waals surface area contributed by atoms with Crippen molar-refractivity contribution in [2.75, 3.05) is 10.6 Å². The molecule has 0 unspecified atom stereocenters. The smallest absolute Gasteiger partial charge is 0.232 e. The van der Waals surface area contributed by atoms with E-state index in [0.29, 0.717) is 17.7 Å².